The number of aliphatic hydroxyl groups excluding tert-OH is 1. The number of carbonyl (C=O) groups excluding carboxylic acids is 1. The molecule has 1 aliphatic carbocycles. The molecule has 0 aromatic rings. The summed E-state index contributed by atoms with van der Waals surface area (Å²) in [5.41, 5.74) is 5.15. The molecule has 0 aromatic heterocycles. The molecular formula is C9H17NO3. The number of nitrogens with two attached hydrogens (primary N) is 1. The van der Waals surface area contributed by atoms with Gasteiger partial charge in [0.1, 0.15) is 0 Å². The van der Waals surface area contributed by atoms with Gasteiger partial charge in [0.15, 0.2) is 0 Å². The lowest BCUT2D eigenvalue weighted by Gasteiger charge is -2.17. The summed E-state index contributed by atoms with van der Waals surface area (Å²) in [4.78, 5) is 10.8. The molecule has 3 N–H and O–H groups in total. The van der Waals surface area contributed by atoms with Crippen molar-refractivity contribution in [3.05, 3.63) is 0 Å². The Kier molecular flexibility index (Phi) is 3.27. The van der Waals surface area contributed by atoms with Crippen LogP contribution in [-0.2, 0) is 9.53 Å². The van der Waals surface area contributed by atoms with Crippen molar-refractivity contribution in [2.24, 2.45) is 11.7 Å². The smallest absolute Gasteiger partial charge is 0.220 e. The van der Waals surface area contributed by atoms with Crippen LogP contribution < -0.4 is 5.73 Å². The van der Waals surface area contributed by atoms with Crippen LogP contribution in [0.15, 0.2) is 0 Å². The molecule has 0 spiro atoms. The van der Waals surface area contributed by atoms with Gasteiger partial charge in [0.25, 0.3) is 0 Å². The summed E-state index contributed by atoms with van der Waals surface area (Å²) in [7, 11) is 0. The van der Waals surface area contributed by atoms with Crippen molar-refractivity contribution in [1.29, 1.82) is 0 Å². The Morgan fingerprint density at radius 2 is 2.15 bits per heavy atom. The van der Waals surface area contributed by atoms with Crippen LogP contribution >= 0.6 is 0 Å². The van der Waals surface area contributed by atoms with Gasteiger partial charge in [-0.1, -0.05) is 0 Å². The van der Waals surface area contributed by atoms with Crippen LogP contribution in [0.25, 0.3) is 0 Å². The van der Waals surface area contributed by atoms with Gasteiger partial charge in [0.2, 0.25) is 5.91 Å². The molecule has 4 nitrogen and oxygen atoms in total. The number of ether oxygens (including phenoxy) is 1. The van der Waals surface area contributed by atoms with E-state index in [0.29, 0.717) is 12.8 Å². The van der Waals surface area contributed by atoms with E-state index in [4.69, 9.17) is 10.5 Å². The van der Waals surface area contributed by atoms with Gasteiger partial charge in [-0.2, -0.15) is 0 Å². The first-order chi connectivity index (χ1) is 6.00. The van der Waals surface area contributed by atoms with E-state index in [2.05, 4.69) is 0 Å². The minimum atomic E-state index is -0.542. The molecule has 0 heterocycles. The molecule has 13 heavy (non-hydrogen) atoms. The second-order valence-electron chi connectivity index (χ2n) is 3.86. The lowest BCUT2D eigenvalue weighted by atomic mass is 10.1. The van der Waals surface area contributed by atoms with Crippen molar-refractivity contribution in [2.75, 3.05) is 0 Å². The highest BCUT2D eigenvalue weighted by Crippen LogP contribution is 2.28. The highest BCUT2D eigenvalue weighted by Gasteiger charge is 2.36. The van der Waals surface area contributed by atoms with Gasteiger partial charge in [-0.05, 0) is 26.7 Å². The Morgan fingerprint density at radius 3 is 2.54 bits per heavy atom. The number of hydrogen-bond acceptors (Lipinski definition) is 3. The zero-order chi connectivity index (χ0) is 10.0. The van der Waals surface area contributed by atoms with Crippen molar-refractivity contribution < 1.29 is 14.6 Å². The minimum absolute atomic E-state index is 0.0753. The van der Waals surface area contributed by atoms with Crippen LogP contribution in [0.3, 0.4) is 0 Å². The van der Waals surface area contributed by atoms with Gasteiger partial charge in [-0.25, -0.2) is 0 Å². The molecule has 1 saturated carbocycles. The van der Waals surface area contributed by atoms with Crippen LogP contribution in [0, 0.1) is 5.92 Å². The van der Waals surface area contributed by atoms with E-state index in [1.54, 1.807) is 0 Å². The van der Waals surface area contributed by atoms with Crippen LogP contribution in [0.1, 0.15) is 26.7 Å². The lowest BCUT2D eigenvalue weighted by molar-refractivity contribution is -0.122. The molecule has 0 aromatic carbocycles. The lowest BCUT2D eigenvalue weighted by Crippen LogP contribution is -2.25. The molecule has 3 unspecified atom stereocenters. The zero-order valence-electron chi connectivity index (χ0n) is 8.06. The fourth-order valence-electron chi connectivity index (χ4n) is 1.71. The molecule has 1 aliphatic rings. The highest BCUT2D eigenvalue weighted by atomic mass is 16.5. The predicted molar refractivity (Wildman–Crippen MR) is 47.9 cm³/mol. The fraction of sp³-hybridized carbons (Fsp3) is 0.889. The first-order valence-electron chi connectivity index (χ1n) is 4.63. The van der Waals surface area contributed by atoms with E-state index in [1.165, 1.54) is 0 Å². The largest absolute Gasteiger partial charge is 0.390 e. The minimum Gasteiger partial charge on any atom is -0.390 e. The molecule has 0 radical (unpaired) electrons. The second-order valence-corrected chi connectivity index (χ2v) is 3.86. The third-order valence-electron chi connectivity index (χ3n) is 2.32. The number of primary amides is 1. The van der Waals surface area contributed by atoms with E-state index < -0.39 is 6.10 Å². The molecule has 4 heteroatoms. The zero-order valence-corrected chi connectivity index (χ0v) is 8.06. The summed E-state index contributed by atoms with van der Waals surface area (Å²) >= 11 is 0. The maximum atomic E-state index is 10.8. The molecule has 3 atom stereocenters. The number of amides is 1. The number of aliphatic hydroxyl groups is 1. The van der Waals surface area contributed by atoms with Crippen LogP contribution in [0.4, 0.5) is 0 Å². The predicted octanol–water partition coefficient (Wildman–Crippen LogP) is 0.0362. The average Bonchev–Trinajstić information content (AvgIpc) is 2.31. The molecular weight excluding hydrogens is 170 g/mol. The number of carbonyl (C=O) groups is 1. The summed E-state index contributed by atoms with van der Waals surface area (Å²) < 4.78 is 5.45. The Labute approximate surface area is 78.1 Å². The Balaban J connectivity index is 2.46. The van der Waals surface area contributed by atoms with Crippen molar-refractivity contribution in [3.63, 3.8) is 0 Å². The normalized spacial score (nSPS) is 34.0. The Bertz CT molecular complexity index is 193. The van der Waals surface area contributed by atoms with E-state index in [0.717, 1.165) is 0 Å². The average molecular weight is 187 g/mol. The maximum absolute atomic E-state index is 10.8. The molecule has 76 valence electrons. The van der Waals surface area contributed by atoms with E-state index in [1.807, 2.05) is 13.8 Å². The van der Waals surface area contributed by atoms with Gasteiger partial charge in [-0.3, -0.25) is 4.79 Å². The van der Waals surface area contributed by atoms with Gasteiger partial charge in [0, 0.05) is 5.92 Å². The summed E-state index contributed by atoms with van der Waals surface area (Å²) in [6, 6.07) is 0. The molecule has 0 saturated heterocycles. The summed E-state index contributed by atoms with van der Waals surface area (Å²) in [6.07, 6.45) is 0.296. The van der Waals surface area contributed by atoms with E-state index >= 15 is 0 Å². The van der Waals surface area contributed by atoms with Gasteiger partial charge >= 0.3 is 0 Å². The fourth-order valence-corrected chi connectivity index (χ4v) is 1.71. The first-order valence-corrected chi connectivity index (χ1v) is 4.63. The molecule has 0 bridgehead atoms. The topological polar surface area (TPSA) is 72.5 Å². The molecule has 1 rings (SSSR count). The molecule has 1 amide bonds. The van der Waals surface area contributed by atoms with Gasteiger partial charge in [0.05, 0.1) is 18.3 Å². The first kappa shape index (κ1) is 10.5. The quantitative estimate of drug-likeness (QED) is 0.655. The van der Waals surface area contributed by atoms with Crippen LogP contribution in [-0.4, -0.2) is 29.3 Å². The van der Waals surface area contributed by atoms with Crippen LogP contribution in [0.2, 0.25) is 0 Å². The Morgan fingerprint density at radius 1 is 1.54 bits per heavy atom. The van der Waals surface area contributed by atoms with E-state index in [-0.39, 0.29) is 24.0 Å². The van der Waals surface area contributed by atoms with Crippen LogP contribution in [0.5, 0.6) is 0 Å². The number of rotatable bonds is 3. The molecule has 0 aliphatic heterocycles. The second kappa shape index (κ2) is 4.07. The molecule has 1 fully saturated rings. The SMILES string of the molecule is CC(C)OC1CC(C(N)=O)CC1O. The third-order valence-corrected chi connectivity index (χ3v) is 2.32. The highest BCUT2D eigenvalue weighted by molar-refractivity contribution is 5.77. The van der Waals surface area contributed by atoms with Crippen molar-refractivity contribution >= 4 is 5.91 Å². The van der Waals surface area contributed by atoms with Crippen molar-refractivity contribution in [2.45, 2.75) is 45.0 Å². The monoisotopic (exact) mass is 187 g/mol. The van der Waals surface area contributed by atoms with Crippen molar-refractivity contribution in [3.8, 4) is 0 Å². The summed E-state index contributed by atoms with van der Waals surface area (Å²) in [5, 5.41) is 9.52. The van der Waals surface area contributed by atoms with Gasteiger partial charge in [-0.15, -0.1) is 0 Å². The van der Waals surface area contributed by atoms with Crippen molar-refractivity contribution in [1.82, 2.24) is 0 Å². The maximum Gasteiger partial charge on any atom is 0.220 e. The number of hydrogen-bond donors (Lipinski definition) is 2. The summed E-state index contributed by atoms with van der Waals surface area (Å²) in [5.74, 6) is -0.562. The van der Waals surface area contributed by atoms with E-state index in [9.17, 15) is 9.90 Å². The van der Waals surface area contributed by atoms with Gasteiger partial charge < -0.3 is 15.6 Å². The Hall–Kier alpha value is -0.610. The summed E-state index contributed by atoms with van der Waals surface area (Å²) in [6.45, 7) is 3.81. The third kappa shape index (κ3) is 2.67. The standard InChI is InChI=1S/C9H17NO3/c1-5(2)13-8-4-6(9(10)12)3-7(8)11/h5-8,11H,3-4H2,1-2H3,(H2,10,12).